The molecule has 0 aromatic heterocycles. The summed E-state index contributed by atoms with van der Waals surface area (Å²) in [4.78, 5) is 12.5. The number of sulfonamides is 1. The summed E-state index contributed by atoms with van der Waals surface area (Å²) in [6.45, 7) is 0. The quantitative estimate of drug-likeness (QED) is 0.776. The van der Waals surface area contributed by atoms with Crippen molar-refractivity contribution in [2.75, 3.05) is 18.5 Å². The third-order valence-electron chi connectivity index (χ3n) is 3.71. The van der Waals surface area contributed by atoms with Gasteiger partial charge in [0.1, 0.15) is 0 Å². The van der Waals surface area contributed by atoms with E-state index in [0.717, 1.165) is 8.78 Å². The van der Waals surface area contributed by atoms with E-state index < -0.39 is 15.9 Å². The van der Waals surface area contributed by atoms with E-state index in [1.54, 1.807) is 24.3 Å². The third kappa shape index (κ3) is 2.65. The molecular formula is C16H14BrNO5S. The molecule has 6 nitrogen and oxygen atoms in total. The Labute approximate surface area is 148 Å². The number of hydrogen-bond donors (Lipinski definition) is 0. The van der Waals surface area contributed by atoms with Gasteiger partial charge in [0.2, 0.25) is 5.91 Å². The molecule has 0 saturated heterocycles. The van der Waals surface area contributed by atoms with Crippen molar-refractivity contribution in [3.8, 4) is 11.5 Å². The van der Waals surface area contributed by atoms with Gasteiger partial charge in [0, 0.05) is 10.5 Å². The van der Waals surface area contributed by atoms with E-state index in [2.05, 4.69) is 15.9 Å². The first-order valence-electron chi connectivity index (χ1n) is 6.97. The molecule has 24 heavy (non-hydrogen) atoms. The number of nitrogens with zero attached hydrogens (tertiary/aromatic N) is 1. The molecule has 1 aliphatic rings. The summed E-state index contributed by atoms with van der Waals surface area (Å²) in [5.74, 6) is 0.165. The number of rotatable bonds is 3. The van der Waals surface area contributed by atoms with Crippen molar-refractivity contribution in [1.82, 2.24) is 0 Å². The average molecular weight is 412 g/mol. The van der Waals surface area contributed by atoms with Crippen LogP contribution >= 0.6 is 15.9 Å². The van der Waals surface area contributed by atoms with E-state index in [4.69, 9.17) is 9.47 Å². The molecule has 0 spiro atoms. The van der Waals surface area contributed by atoms with Crippen LogP contribution in [-0.2, 0) is 21.2 Å². The van der Waals surface area contributed by atoms with Gasteiger partial charge in [-0.05, 0) is 35.9 Å². The van der Waals surface area contributed by atoms with Crippen LogP contribution in [0.4, 0.5) is 5.69 Å². The molecule has 0 saturated carbocycles. The predicted octanol–water partition coefficient (Wildman–Crippen LogP) is 2.74. The van der Waals surface area contributed by atoms with Crippen molar-refractivity contribution < 1.29 is 22.7 Å². The molecule has 0 aliphatic carbocycles. The lowest BCUT2D eigenvalue weighted by Gasteiger charge is -2.29. The monoisotopic (exact) mass is 411 g/mol. The van der Waals surface area contributed by atoms with Crippen LogP contribution in [0.3, 0.4) is 0 Å². The Morgan fingerprint density at radius 1 is 1.04 bits per heavy atom. The number of ether oxygens (including phenoxy) is 2. The minimum Gasteiger partial charge on any atom is -0.493 e. The number of hydrogen-bond acceptors (Lipinski definition) is 5. The number of halogens is 1. The van der Waals surface area contributed by atoms with Crippen LogP contribution in [0.15, 0.2) is 45.8 Å². The molecule has 1 aliphatic heterocycles. The summed E-state index contributed by atoms with van der Waals surface area (Å²) < 4.78 is 37.9. The van der Waals surface area contributed by atoms with Crippen LogP contribution in [0.2, 0.25) is 0 Å². The zero-order valence-corrected chi connectivity index (χ0v) is 15.3. The molecule has 0 N–H and O–H groups in total. The van der Waals surface area contributed by atoms with Crippen molar-refractivity contribution in [2.24, 2.45) is 0 Å². The lowest BCUT2D eigenvalue weighted by Crippen LogP contribution is -2.42. The smallest absolute Gasteiger partial charge is 0.271 e. The maximum Gasteiger partial charge on any atom is 0.271 e. The van der Waals surface area contributed by atoms with E-state index >= 15 is 0 Å². The number of carbonyl (C=O) groups excluding carboxylic acids is 1. The highest BCUT2D eigenvalue weighted by atomic mass is 79.9. The summed E-state index contributed by atoms with van der Waals surface area (Å²) in [6.07, 6.45) is -0.0367. The van der Waals surface area contributed by atoms with Crippen molar-refractivity contribution in [2.45, 2.75) is 11.3 Å². The minimum atomic E-state index is -4.02. The number of carbonyl (C=O) groups is 1. The normalized spacial score (nSPS) is 15.8. The first-order chi connectivity index (χ1) is 11.4. The van der Waals surface area contributed by atoms with Crippen molar-refractivity contribution >= 4 is 37.5 Å². The highest BCUT2D eigenvalue weighted by Gasteiger charge is 2.38. The Balaban J connectivity index is 2.18. The number of benzene rings is 2. The molecule has 1 amide bonds. The number of methoxy groups -OCH3 is 2. The van der Waals surface area contributed by atoms with Crippen LogP contribution in [-0.4, -0.2) is 28.5 Å². The summed E-state index contributed by atoms with van der Waals surface area (Å²) in [5.41, 5.74) is 0.689. The van der Waals surface area contributed by atoms with Gasteiger partial charge < -0.3 is 9.47 Å². The molecule has 3 rings (SSSR count). The van der Waals surface area contributed by atoms with Gasteiger partial charge in [-0.2, -0.15) is 0 Å². The standard InChI is InChI=1S/C16H14BrNO5S/c1-22-13-7-10-8-16(19)18(12-5-3-11(17)4-6-12)24(20,21)15(10)9-14(13)23-2/h3-7,9H,8H2,1-2H3. The maximum atomic E-state index is 13.0. The zero-order chi connectivity index (χ0) is 17.5. The molecule has 0 unspecified atom stereocenters. The highest BCUT2D eigenvalue weighted by molar-refractivity contribution is 9.10. The van der Waals surface area contributed by atoms with Crippen molar-refractivity contribution in [1.29, 1.82) is 0 Å². The fraction of sp³-hybridized carbons (Fsp3) is 0.188. The number of anilines is 1. The second-order valence-electron chi connectivity index (χ2n) is 5.13. The lowest BCUT2D eigenvalue weighted by molar-refractivity contribution is -0.117. The molecule has 0 bridgehead atoms. The number of amides is 1. The van der Waals surface area contributed by atoms with Gasteiger partial charge >= 0.3 is 0 Å². The van der Waals surface area contributed by atoms with Gasteiger partial charge in [0.15, 0.2) is 11.5 Å². The van der Waals surface area contributed by atoms with Gasteiger partial charge in [-0.15, -0.1) is 0 Å². The molecule has 8 heteroatoms. The predicted molar refractivity (Wildman–Crippen MR) is 92.1 cm³/mol. The summed E-state index contributed by atoms with van der Waals surface area (Å²) in [7, 11) is -1.14. The largest absolute Gasteiger partial charge is 0.493 e. The van der Waals surface area contributed by atoms with Gasteiger partial charge in [0.25, 0.3) is 10.0 Å². The van der Waals surface area contributed by atoms with Gasteiger partial charge in [-0.25, -0.2) is 12.7 Å². The van der Waals surface area contributed by atoms with Crippen molar-refractivity contribution in [3.05, 3.63) is 46.4 Å². The van der Waals surface area contributed by atoms with Crippen LogP contribution in [0.1, 0.15) is 5.56 Å². The van der Waals surface area contributed by atoms with Crippen LogP contribution in [0.25, 0.3) is 0 Å². The third-order valence-corrected chi connectivity index (χ3v) is 6.07. The second-order valence-corrected chi connectivity index (χ2v) is 7.80. The first kappa shape index (κ1) is 16.8. The van der Waals surface area contributed by atoms with Gasteiger partial charge in [-0.3, -0.25) is 4.79 Å². The summed E-state index contributed by atoms with van der Waals surface area (Å²) in [6, 6.07) is 9.44. The Kier molecular flexibility index (Phi) is 4.27. The molecule has 2 aromatic carbocycles. The molecular weight excluding hydrogens is 398 g/mol. The zero-order valence-electron chi connectivity index (χ0n) is 12.9. The van der Waals surface area contributed by atoms with Crippen LogP contribution in [0, 0.1) is 0 Å². The van der Waals surface area contributed by atoms with Crippen LogP contribution in [0.5, 0.6) is 11.5 Å². The van der Waals surface area contributed by atoms with E-state index in [0.29, 0.717) is 22.7 Å². The molecule has 2 aromatic rings. The molecule has 0 radical (unpaired) electrons. The Morgan fingerprint density at radius 3 is 2.21 bits per heavy atom. The Hall–Kier alpha value is -2.06. The second kappa shape index (κ2) is 6.10. The minimum absolute atomic E-state index is 0.0367. The molecule has 1 heterocycles. The van der Waals surface area contributed by atoms with Crippen LogP contribution < -0.4 is 13.8 Å². The first-order valence-corrected chi connectivity index (χ1v) is 9.20. The number of fused-ring (bicyclic) bond motifs is 1. The SMILES string of the molecule is COc1cc2c(cc1OC)S(=O)(=O)N(c1ccc(Br)cc1)C(=O)C2. The topological polar surface area (TPSA) is 72.9 Å². The summed E-state index contributed by atoms with van der Waals surface area (Å²) >= 11 is 3.29. The van der Waals surface area contributed by atoms with Gasteiger partial charge in [0.05, 0.1) is 31.2 Å². The van der Waals surface area contributed by atoms with Crippen molar-refractivity contribution in [3.63, 3.8) is 0 Å². The molecule has 0 fully saturated rings. The fourth-order valence-electron chi connectivity index (χ4n) is 2.61. The van der Waals surface area contributed by atoms with E-state index in [9.17, 15) is 13.2 Å². The maximum absolute atomic E-state index is 13.0. The molecule has 0 atom stereocenters. The van der Waals surface area contributed by atoms with E-state index in [-0.39, 0.29) is 11.3 Å². The van der Waals surface area contributed by atoms with E-state index in [1.807, 2.05) is 0 Å². The fourth-order valence-corrected chi connectivity index (χ4v) is 4.52. The Morgan fingerprint density at radius 2 is 1.62 bits per heavy atom. The van der Waals surface area contributed by atoms with E-state index in [1.165, 1.54) is 26.4 Å². The Bertz CT molecular complexity index is 909. The molecule has 126 valence electrons. The summed E-state index contributed by atoms with van der Waals surface area (Å²) in [5, 5.41) is 0. The highest BCUT2D eigenvalue weighted by Crippen LogP contribution is 2.38. The lowest BCUT2D eigenvalue weighted by atomic mass is 10.1. The average Bonchev–Trinajstić information content (AvgIpc) is 2.55. The van der Waals surface area contributed by atoms with Gasteiger partial charge in [-0.1, -0.05) is 15.9 Å².